The van der Waals surface area contributed by atoms with Gasteiger partial charge in [0.2, 0.25) is 0 Å². The van der Waals surface area contributed by atoms with Gasteiger partial charge in [0.15, 0.2) is 0 Å². The molecule has 2 nitrogen and oxygen atoms in total. The van der Waals surface area contributed by atoms with Gasteiger partial charge >= 0.3 is 0 Å². The van der Waals surface area contributed by atoms with E-state index in [2.05, 4.69) is 58.8 Å². The molecule has 2 aromatic rings. The van der Waals surface area contributed by atoms with Gasteiger partial charge in [0.25, 0.3) is 0 Å². The van der Waals surface area contributed by atoms with Gasteiger partial charge in [0.1, 0.15) is 0 Å². The normalized spacial score (nSPS) is 14.3. The molecule has 0 aliphatic rings. The third kappa shape index (κ3) is 3.04. The minimum Gasteiger partial charge on any atom is -0.323 e. The van der Waals surface area contributed by atoms with Gasteiger partial charge in [-0.2, -0.15) is 0 Å². The van der Waals surface area contributed by atoms with Crippen LogP contribution in [0.2, 0.25) is 0 Å². The van der Waals surface area contributed by atoms with Crippen LogP contribution in [0.15, 0.2) is 48.7 Å². The number of aromatic nitrogens is 1. The molecule has 1 heterocycles. The summed E-state index contributed by atoms with van der Waals surface area (Å²) in [5.41, 5.74) is 8.47. The number of hydrogen-bond donors (Lipinski definition) is 1. The molecule has 0 aliphatic carbocycles. The third-order valence-electron chi connectivity index (χ3n) is 2.95. The Hall–Kier alpha value is -0.940. The largest absolute Gasteiger partial charge is 0.323 e. The van der Waals surface area contributed by atoms with E-state index in [-0.39, 0.29) is 12.0 Å². The van der Waals surface area contributed by atoms with Crippen LogP contribution in [0.5, 0.6) is 0 Å². The third-order valence-corrected chi connectivity index (χ3v) is 3.67. The van der Waals surface area contributed by atoms with Crippen LogP contribution >= 0.6 is 22.6 Å². The van der Waals surface area contributed by atoms with Gasteiger partial charge in [0, 0.05) is 27.4 Å². The summed E-state index contributed by atoms with van der Waals surface area (Å²) in [5.74, 6) is 0.219. The summed E-state index contributed by atoms with van der Waals surface area (Å²) in [6, 6.07) is 14.3. The first-order chi connectivity index (χ1) is 8.18. The number of nitrogens with zero attached hydrogens (tertiary/aromatic N) is 1. The maximum atomic E-state index is 6.28. The van der Waals surface area contributed by atoms with Crippen molar-refractivity contribution in [2.45, 2.75) is 18.9 Å². The van der Waals surface area contributed by atoms with Crippen molar-refractivity contribution in [1.29, 1.82) is 0 Å². The van der Waals surface area contributed by atoms with Gasteiger partial charge < -0.3 is 5.73 Å². The molecule has 3 heteroatoms. The zero-order chi connectivity index (χ0) is 12.3. The van der Waals surface area contributed by atoms with E-state index in [0.717, 1.165) is 11.3 Å². The molecule has 2 N–H and O–H groups in total. The van der Waals surface area contributed by atoms with Gasteiger partial charge in [-0.15, -0.1) is 0 Å². The number of nitrogens with two attached hydrogens (primary N) is 1. The van der Waals surface area contributed by atoms with E-state index >= 15 is 0 Å². The van der Waals surface area contributed by atoms with Crippen LogP contribution in [-0.2, 0) is 0 Å². The maximum absolute atomic E-state index is 6.28. The molecule has 0 aliphatic heterocycles. The van der Waals surface area contributed by atoms with Crippen molar-refractivity contribution in [3.05, 3.63) is 63.5 Å². The average molecular weight is 338 g/mol. The van der Waals surface area contributed by atoms with Gasteiger partial charge in [-0.3, -0.25) is 4.98 Å². The molecule has 2 unspecified atom stereocenters. The zero-order valence-electron chi connectivity index (χ0n) is 9.68. The van der Waals surface area contributed by atoms with Crippen molar-refractivity contribution in [2.24, 2.45) is 5.73 Å². The maximum Gasteiger partial charge on any atom is 0.0450 e. The summed E-state index contributed by atoms with van der Waals surface area (Å²) in [5, 5.41) is 0. The quantitative estimate of drug-likeness (QED) is 0.870. The number of pyridine rings is 1. The highest BCUT2D eigenvalue weighted by Crippen LogP contribution is 2.27. The van der Waals surface area contributed by atoms with Crippen LogP contribution in [-0.4, -0.2) is 4.98 Å². The van der Waals surface area contributed by atoms with E-state index in [1.165, 1.54) is 3.57 Å². The Bertz CT molecular complexity index is 467. The molecular formula is C14H15IN2. The SMILES string of the molecule is CC(c1ccccn1)C(N)c1ccc(I)cc1. The molecule has 0 radical (unpaired) electrons. The van der Waals surface area contributed by atoms with Crippen molar-refractivity contribution in [3.63, 3.8) is 0 Å². The Labute approximate surface area is 115 Å². The Balaban J connectivity index is 2.20. The lowest BCUT2D eigenvalue weighted by Crippen LogP contribution is -2.18. The first-order valence-corrected chi connectivity index (χ1v) is 6.68. The fourth-order valence-corrected chi connectivity index (χ4v) is 2.16. The molecule has 0 fully saturated rings. The van der Waals surface area contributed by atoms with Crippen molar-refractivity contribution >= 4 is 22.6 Å². The fraction of sp³-hybridized carbons (Fsp3) is 0.214. The summed E-state index contributed by atoms with van der Waals surface area (Å²) >= 11 is 2.30. The Morgan fingerprint density at radius 2 is 1.82 bits per heavy atom. The van der Waals surface area contributed by atoms with Crippen molar-refractivity contribution in [2.75, 3.05) is 0 Å². The van der Waals surface area contributed by atoms with Crippen molar-refractivity contribution in [3.8, 4) is 0 Å². The monoisotopic (exact) mass is 338 g/mol. The standard InChI is InChI=1S/C14H15IN2/c1-10(13-4-2-3-9-17-13)14(16)11-5-7-12(15)8-6-11/h2-10,14H,16H2,1H3. The van der Waals surface area contributed by atoms with Gasteiger partial charge in [-0.1, -0.05) is 25.1 Å². The average Bonchev–Trinajstić information content (AvgIpc) is 2.39. The number of benzene rings is 1. The van der Waals surface area contributed by atoms with Gasteiger partial charge in [-0.05, 0) is 52.4 Å². The number of hydrogen-bond acceptors (Lipinski definition) is 2. The minimum atomic E-state index is -0.0121. The Kier molecular flexibility index (Phi) is 4.12. The highest BCUT2D eigenvalue weighted by Gasteiger charge is 2.17. The van der Waals surface area contributed by atoms with E-state index in [4.69, 9.17) is 5.73 Å². The van der Waals surface area contributed by atoms with Crippen LogP contribution < -0.4 is 5.73 Å². The summed E-state index contributed by atoms with van der Waals surface area (Å²) in [6.07, 6.45) is 1.81. The first kappa shape index (κ1) is 12.5. The summed E-state index contributed by atoms with van der Waals surface area (Å²) in [7, 11) is 0. The summed E-state index contributed by atoms with van der Waals surface area (Å²) in [4.78, 5) is 4.36. The molecule has 88 valence electrons. The van der Waals surface area contributed by atoms with E-state index in [9.17, 15) is 0 Å². The molecule has 0 bridgehead atoms. The lowest BCUT2D eigenvalue weighted by atomic mass is 9.92. The van der Waals surface area contributed by atoms with Crippen LogP contribution in [0.1, 0.15) is 30.1 Å². The van der Waals surface area contributed by atoms with E-state index in [1.807, 2.05) is 24.4 Å². The number of halogens is 1. The number of rotatable bonds is 3. The highest BCUT2D eigenvalue weighted by atomic mass is 127. The molecule has 0 amide bonds. The molecule has 2 rings (SSSR count). The topological polar surface area (TPSA) is 38.9 Å². The second-order valence-electron chi connectivity index (χ2n) is 4.12. The first-order valence-electron chi connectivity index (χ1n) is 5.60. The fourth-order valence-electron chi connectivity index (χ4n) is 1.80. The summed E-state index contributed by atoms with van der Waals surface area (Å²) < 4.78 is 1.23. The van der Waals surface area contributed by atoms with E-state index < -0.39 is 0 Å². The zero-order valence-corrected chi connectivity index (χ0v) is 11.8. The van der Waals surface area contributed by atoms with Crippen LogP contribution in [0.25, 0.3) is 0 Å². The lowest BCUT2D eigenvalue weighted by molar-refractivity contribution is 0.584. The van der Waals surface area contributed by atoms with Crippen molar-refractivity contribution in [1.82, 2.24) is 4.98 Å². The molecule has 2 atom stereocenters. The smallest absolute Gasteiger partial charge is 0.0450 e. The van der Waals surface area contributed by atoms with Crippen LogP contribution in [0, 0.1) is 3.57 Å². The predicted octanol–water partition coefficient (Wildman–Crippen LogP) is 3.49. The molecular weight excluding hydrogens is 323 g/mol. The molecule has 0 saturated carbocycles. The van der Waals surface area contributed by atoms with Crippen LogP contribution in [0.4, 0.5) is 0 Å². The Morgan fingerprint density at radius 1 is 1.12 bits per heavy atom. The van der Waals surface area contributed by atoms with E-state index in [0.29, 0.717) is 0 Å². The van der Waals surface area contributed by atoms with Gasteiger partial charge in [-0.25, -0.2) is 0 Å². The lowest BCUT2D eigenvalue weighted by Gasteiger charge is -2.19. The van der Waals surface area contributed by atoms with E-state index in [1.54, 1.807) is 0 Å². The van der Waals surface area contributed by atoms with Crippen molar-refractivity contribution < 1.29 is 0 Å². The molecule has 1 aromatic heterocycles. The Morgan fingerprint density at radius 3 is 2.41 bits per heavy atom. The molecule has 1 aromatic carbocycles. The summed E-state index contributed by atoms with van der Waals surface area (Å²) in [6.45, 7) is 2.12. The van der Waals surface area contributed by atoms with Crippen LogP contribution in [0.3, 0.4) is 0 Å². The van der Waals surface area contributed by atoms with Gasteiger partial charge in [0.05, 0.1) is 0 Å². The second kappa shape index (κ2) is 5.60. The second-order valence-corrected chi connectivity index (χ2v) is 5.37. The molecule has 17 heavy (non-hydrogen) atoms. The minimum absolute atomic E-state index is 0.0121. The molecule has 0 saturated heterocycles. The predicted molar refractivity (Wildman–Crippen MR) is 78.7 cm³/mol. The molecule has 0 spiro atoms. The highest BCUT2D eigenvalue weighted by molar-refractivity contribution is 14.1.